The van der Waals surface area contributed by atoms with Gasteiger partial charge in [-0.25, -0.2) is 0 Å². The van der Waals surface area contributed by atoms with Crippen molar-refractivity contribution in [2.24, 2.45) is 11.8 Å². The Bertz CT molecular complexity index is 601. The minimum Gasteiger partial charge on any atom is -0.359 e. The largest absolute Gasteiger partial charge is 0.359 e. The molecule has 2 aliphatic carbocycles. The highest BCUT2D eigenvalue weighted by Crippen LogP contribution is 2.34. The van der Waals surface area contributed by atoms with Gasteiger partial charge in [0.15, 0.2) is 11.5 Å². The number of nitrogens with zero attached hydrogens (tertiary/aromatic N) is 2. The second kappa shape index (κ2) is 8.02. The van der Waals surface area contributed by atoms with Gasteiger partial charge in [-0.05, 0) is 31.6 Å². The zero-order valence-corrected chi connectivity index (χ0v) is 15.3. The van der Waals surface area contributed by atoms with Gasteiger partial charge in [-0.1, -0.05) is 38.3 Å². The second-order valence-electron chi connectivity index (χ2n) is 7.81. The first-order chi connectivity index (χ1) is 12.0. The molecular weight excluding hydrogens is 318 g/mol. The molecule has 1 aromatic rings. The summed E-state index contributed by atoms with van der Waals surface area (Å²) < 4.78 is 5.36. The molecule has 0 atom stereocenters. The van der Waals surface area contributed by atoms with Crippen molar-refractivity contribution in [2.45, 2.75) is 71.4 Å². The van der Waals surface area contributed by atoms with Crippen LogP contribution in [-0.4, -0.2) is 34.5 Å². The maximum Gasteiger partial charge on any atom is 0.273 e. The normalized spacial score (nSPS) is 18.4. The topological polar surface area (TPSA) is 75.4 Å². The molecule has 2 aliphatic rings. The Morgan fingerprint density at radius 3 is 2.60 bits per heavy atom. The molecule has 0 spiro atoms. The van der Waals surface area contributed by atoms with Crippen LogP contribution in [0.15, 0.2) is 10.6 Å². The first-order valence-electron chi connectivity index (χ1n) is 9.59. The first-order valence-corrected chi connectivity index (χ1v) is 9.59. The molecule has 1 N–H and O–H groups in total. The lowest BCUT2D eigenvalue weighted by Crippen LogP contribution is -2.41. The van der Waals surface area contributed by atoms with Crippen molar-refractivity contribution in [3.63, 3.8) is 0 Å². The average Bonchev–Trinajstić information content (AvgIpc) is 3.36. The van der Waals surface area contributed by atoms with Gasteiger partial charge in [0.05, 0.1) is 6.54 Å². The van der Waals surface area contributed by atoms with E-state index in [0.717, 1.165) is 25.7 Å². The van der Waals surface area contributed by atoms with E-state index in [4.69, 9.17) is 4.52 Å². The Hall–Kier alpha value is -1.85. The summed E-state index contributed by atoms with van der Waals surface area (Å²) in [4.78, 5) is 26.8. The van der Waals surface area contributed by atoms with Crippen molar-refractivity contribution in [1.82, 2.24) is 15.4 Å². The van der Waals surface area contributed by atoms with E-state index < -0.39 is 0 Å². The van der Waals surface area contributed by atoms with E-state index in [9.17, 15) is 9.59 Å². The first kappa shape index (κ1) is 18.0. The molecule has 2 saturated carbocycles. The molecular formula is C19H29N3O3. The maximum atomic E-state index is 12.7. The van der Waals surface area contributed by atoms with Crippen molar-refractivity contribution >= 4 is 11.8 Å². The van der Waals surface area contributed by atoms with E-state index >= 15 is 0 Å². The molecule has 0 radical (unpaired) electrons. The van der Waals surface area contributed by atoms with E-state index in [-0.39, 0.29) is 23.4 Å². The van der Waals surface area contributed by atoms with Gasteiger partial charge in [0, 0.05) is 24.6 Å². The maximum absolute atomic E-state index is 12.7. The van der Waals surface area contributed by atoms with Gasteiger partial charge < -0.3 is 14.7 Å². The van der Waals surface area contributed by atoms with Crippen LogP contribution in [0.4, 0.5) is 0 Å². The van der Waals surface area contributed by atoms with E-state index in [0.29, 0.717) is 30.8 Å². The fraction of sp³-hybridized carbons (Fsp3) is 0.737. The molecule has 6 nitrogen and oxygen atoms in total. The summed E-state index contributed by atoms with van der Waals surface area (Å²) in [6.07, 6.45) is 7.74. The summed E-state index contributed by atoms with van der Waals surface area (Å²) in [5.74, 6) is 1.19. The smallest absolute Gasteiger partial charge is 0.273 e. The van der Waals surface area contributed by atoms with Crippen LogP contribution in [-0.2, 0) is 11.3 Å². The molecule has 0 saturated heterocycles. The zero-order chi connectivity index (χ0) is 17.8. The number of hydrogen-bond acceptors (Lipinski definition) is 4. The van der Waals surface area contributed by atoms with Gasteiger partial charge in [0.25, 0.3) is 5.91 Å². The van der Waals surface area contributed by atoms with Gasteiger partial charge in [0.2, 0.25) is 5.91 Å². The molecule has 0 aliphatic heterocycles. The summed E-state index contributed by atoms with van der Waals surface area (Å²) in [7, 11) is 0. The number of aromatic nitrogens is 1. The third-order valence-corrected chi connectivity index (χ3v) is 5.01. The average molecular weight is 347 g/mol. The summed E-state index contributed by atoms with van der Waals surface area (Å²) in [6.45, 7) is 5.11. The van der Waals surface area contributed by atoms with Crippen LogP contribution in [0.5, 0.6) is 0 Å². The van der Waals surface area contributed by atoms with E-state index in [1.165, 1.54) is 19.3 Å². The Labute approximate surface area is 149 Å². The Kier molecular flexibility index (Phi) is 5.76. The molecule has 138 valence electrons. The van der Waals surface area contributed by atoms with Crippen LogP contribution in [0.2, 0.25) is 0 Å². The SMILES string of the molecule is CC(C)CNC(=O)c1cc(CN(C(=O)C2CC2)C2CCCCC2)on1. The van der Waals surface area contributed by atoms with Crippen molar-refractivity contribution in [2.75, 3.05) is 6.54 Å². The van der Waals surface area contributed by atoms with Crippen LogP contribution < -0.4 is 5.32 Å². The van der Waals surface area contributed by atoms with E-state index in [2.05, 4.69) is 10.5 Å². The minimum absolute atomic E-state index is 0.193. The summed E-state index contributed by atoms with van der Waals surface area (Å²) in [5, 5.41) is 6.72. The molecule has 2 fully saturated rings. The lowest BCUT2D eigenvalue weighted by Gasteiger charge is -2.34. The Morgan fingerprint density at radius 2 is 1.96 bits per heavy atom. The van der Waals surface area contributed by atoms with Crippen LogP contribution in [0.3, 0.4) is 0 Å². The molecule has 2 amide bonds. The zero-order valence-electron chi connectivity index (χ0n) is 15.3. The highest BCUT2D eigenvalue weighted by molar-refractivity contribution is 5.92. The van der Waals surface area contributed by atoms with Gasteiger partial charge in [0.1, 0.15) is 0 Å². The fourth-order valence-corrected chi connectivity index (χ4v) is 3.39. The van der Waals surface area contributed by atoms with E-state index in [1.54, 1.807) is 6.07 Å². The predicted octanol–water partition coefficient (Wildman–Crippen LogP) is 3.13. The highest BCUT2D eigenvalue weighted by Gasteiger charge is 2.37. The molecule has 6 heteroatoms. The van der Waals surface area contributed by atoms with Crippen molar-refractivity contribution in [3.05, 3.63) is 17.5 Å². The molecule has 3 rings (SSSR count). The third kappa shape index (κ3) is 4.83. The summed E-state index contributed by atoms with van der Waals surface area (Å²) in [6, 6.07) is 1.97. The summed E-state index contributed by atoms with van der Waals surface area (Å²) >= 11 is 0. The van der Waals surface area contributed by atoms with Crippen molar-refractivity contribution in [3.8, 4) is 0 Å². The van der Waals surface area contributed by atoms with Gasteiger partial charge in [-0.3, -0.25) is 9.59 Å². The molecule has 1 heterocycles. The summed E-state index contributed by atoms with van der Waals surface area (Å²) in [5.41, 5.74) is 0.290. The van der Waals surface area contributed by atoms with Crippen molar-refractivity contribution < 1.29 is 14.1 Å². The Balaban J connectivity index is 1.65. The lowest BCUT2D eigenvalue weighted by molar-refractivity contribution is -0.136. The standard InChI is InChI=1S/C19H29N3O3/c1-13(2)11-20-18(23)17-10-16(25-21-17)12-22(19(24)14-8-9-14)15-6-4-3-5-7-15/h10,13-15H,3-9,11-12H2,1-2H3,(H,20,23). The van der Waals surface area contributed by atoms with E-state index in [1.807, 2.05) is 18.7 Å². The fourth-order valence-electron chi connectivity index (χ4n) is 3.39. The quantitative estimate of drug-likeness (QED) is 0.822. The van der Waals surface area contributed by atoms with Crippen LogP contribution >= 0.6 is 0 Å². The van der Waals surface area contributed by atoms with Crippen molar-refractivity contribution in [1.29, 1.82) is 0 Å². The van der Waals surface area contributed by atoms with Crippen LogP contribution in [0, 0.1) is 11.8 Å². The third-order valence-electron chi connectivity index (χ3n) is 5.01. The lowest BCUT2D eigenvalue weighted by atomic mass is 9.93. The number of carbonyl (C=O) groups excluding carboxylic acids is 2. The number of rotatable bonds is 7. The highest BCUT2D eigenvalue weighted by atomic mass is 16.5. The van der Waals surface area contributed by atoms with Gasteiger partial charge >= 0.3 is 0 Å². The Morgan fingerprint density at radius 1 is 1.24 bits per heavy atom. The van der Waals surface area contributed by atoms with Crippen LogP contribution in [0.1, 0.15) is 75.0 Å². The van der Waals surface area contributed by atoms with Gasteiger partial charge in [-0.15, -0.1) is 0 Å². The van der Waals surface area contributed by atoms with Crippen LogP contribution in [0.25, 0.3) is 0 Å². The number of carbonyl (C=O) groups is 2. The molecule has 0 aromatic carbocycles. The molecule has 1 aromatic heterocycles. The number of hydrogen-bond donors (Lipinski definition) is 1. The second-order valence-corrected chi connectivity index (χ2v) is 7.81. The molecule has 0 bridgehead atoms. The number of amides is 2. The molecule has 25 heavy (non-hydrogen) atoms. The predicted molar refractivity (Wildman–Crippen MR) is 93.8 cm³/mol. The molecule has 0 unspecified atom stereocenters. The minimum atomic E-state index is -0.221. The number of nitrogens with one attached hydrogen (secondary N) is 1. The van der Waals surface area contributed by atoms with Gasteiger partial charge in [-0.2, -0.15) is 0 Å². The monoisotopic (exact) mass is 347 g/mol.